The van der Waals surface area contributed by atoms with E-state index in [9.17, 15) is 0 Å². The topological polar surface area (TPSA) is 51.0 Å². The molecule has 0 unspecified atom stereocenters. The van der Waals surface area contributed by atoms with Crippen LogP contribution < -0.4 is 5.32 Å². The van der Waals surface area contributed by atoms with Gasteiger partial charge in [0.15, 0.2) is 11.6 Å². The largest absolute Gasteiger partial charge is 0.458 e. The lowest BCUT2D eigenvalue weighted by Gasteiger charge is -2.02. The van der Waals surface area contributed by atoms with Gasteiger partial charge in [-0.3, -0.25) is 0 Å². The van der Waals surface area contributed by atoms with Crippen molar-refractivity contribution in [2.75, 3.05) is 11.9 Å². The molecule has 0 spiro atoms. The summed E-state index contributed by atoms with van der Waals surface area (Å²) in [5, 5.41) is 3.15. The molecule has 0 saturated carbocycles. The molecule has 16 heavy (non-hydrogen) atoms. The molecule has 2 aromatic heterocycles. The van der Waals surface area contributed by atoms with Crippen molar-refractivity contribution in [3.05, 3.63) is 30.2 Å². The van der Waals surface area contributed by atoms with Gasteiger partial charge < -0.3 is 9.73 Å². The maximum absolute atomic E-state index is 5.60. The monoisotopic (exact) mass is 217 g/mol. The molecule has 2 rings (SSSR count). The van der Waals surface area contributed by atoms with Crippen molar-refractivity contribution in [1.82, 2.24) is 9.97 Å². The van der Waals surface area contributed by atoms with E-state index in [1.807, 2.05) is 25.1 Å². The van der Waals surface area contributed by atoms with Crippen LogP contribution in [-0.4, -0.2) is 16.5 Å². The fourth-order valence-corrected chi connectivity index (χ4v) is 1.45. The Morgan fingerprint density at radius 3 is 2.81 bits per heavy atom. The Balaban J connectivity index is 2.28. The highest BCUT2D eigenvalue weighted by atomic mass is 16.3. The van der Waals surface area contributed by atoms with Crippen molar-refractivity contribution in [2.45, 2.75) is 20.3 Å². The first kappa shape index (κ1) is 10.7. The van der Waals surface area contributed by atoms with Crippen LogP contribution in [0.15, 0.2) is 28.8 Å². The molecule has 84 valence electrons. The molecule has 1 N–H and O–H groups in total. The van der Waals surface area contributed by atoms with Crippen molar-refractivity contribution in [3.63, 3.8) is 0 Å². The molecule has 4 heteroatoms. The molecule has 0 atom stereocenters. The minimum absolute atomic E-state index is 0.623. The maximum Gasteiger partial charge on any atom is 0.197 e. The summed E-state index contributed by atoms with van der Waals surface area (Å²) in [4.78, 5) is 8.56. The zero-order valence-electron chi connectivity index (χ0n) is 9.53. The van der Waals surface area contributed by atoms with Crippen LogP contribution in [0.2, 0.25) is 0 Å². The molecule has 0 aliphatic heterocycles. The number of nitrogens with zero attached hydrogens (tertiary/aromatic N) is 2. The van der Waals surface area contributed by atoms with Gasteiger partial charge in [-0.05, 0) is 25.1 Å². The van der Waals surface area contributed by atoms with Crippen LogP contribution in [0.4, 0.5) is 5.82 Å². The number of nitrogens with one attached hydrogen (secondary N) is 1. The molecule has 0 fully saturated rings. The van der Waals surface area contributed by atoms with E-state index in [1.165, 1.54) is 0 Å². The van der Waals surface area contributed by atoms with E-state index in [1.54, 1.807) is 6.20 Å². The molecule has 0 saturated heterocycles. The van der Waals surface area contributed by atoms with Crippen molar-refractivity contribution in [1.29, 1.82) is 0 Å². The van der Waals surface area contributed by atoms with Gasteiger partial charge >= 0.3 is 0 Å². The molecule has 0 aromatic carbocycles. The molecule has 0 aliphatic rings. The predicted octanol–water partition coefficient (Wildman–Crippen LogP) is 2.73. The van der Waals surface area contributed by atoms with E-state index in [4.69, 9.17) is 4.42 Å². The zero-order chi connectivity index (χ0) is 11.4. The van der Waals surface area contributed by atoms with Gasteiger partial charge in [0, 0.05) is 19.2 Å². The summed E-state index contributed by atoms with van der Waals surface area (Å²) in [6.07, 6.45) is 2.61. The average Bonchev–Trinajstić information content (AvgIpc) is 2.78. The second-order valence-corrected chi connectivity index (χ2v) is 3.42. The number of anilines is 1. The number of aromatic nitrogens is 2. The first-order valence-electron chi connectivity index (χ1n) is 5.49. The van der Waals surface area contributed by atoms with E-state index in [0.717, 1.165) is 30.3 Å². The highest BCUT2D eigenvalue weighted by molar-refractivity contribution is 5.50. The van der Waals surface area contributed by atoms with Gasteiger partial charge in [-0.25, -0.2) is 9.97 Å². The first-order valence-corrected chi connectivity index (χ1v) is 5.49. The summed E-state index contributed by atoms with van der Waals surface area (Å²) in [6.45, 7) is 4.93. The van der Waals surface area contributed by atoms with Gasteiger partial charge in [0.25, 0.3) is 0 Å². The molecular formula is C12H15N3O. The Morgan fingerprint density at radius 1 is 1.25 bits per heavy atom. The second kappa shape index (κ2) is 4.79. The van der Waals surface area contributed by atoms with E-state index < -0.39 is 0 Å². The van der Waals surface area contributed by atoms with E-state index in [0.29, 0.717) is 5.82 Å². The van der Waals surface area contributed by atoms with Crippen LogP contribution in [0.5, 0.6) is 0 Å². The predicted molar refractivity (Wildman–Crippen MR) is 63.3 cm³/mol. The van der Waals surface area contributed by atoms with Crippen LogP contribution in [0.1, 0.15) is 19.6 Å². The first-order chi connectivity index (χ1) is 7.83. The van der Waals surface area contributed by atoms with Crippen LogP contribution in [0.3, 0.4) is 0 Å². The fraction of sp³-hybridized carbons (Fsp3) is 0.333. The van der Waals surface area contributed by atoms with Crippen molar-refractivity contribution >= 4 is 5.82 Å². The van der Waals surface area contributed by atoms with Crippen LogP contribution in [0, 0.1) is 0 Å². The SMILES string of the molecule is CCNc1ccnc(-c2ccc(CC)o2)n1. The van der Waals surface area contributed by atoms with Gasteiger partial charge in [-0.1, -0.05) is 6.92 Å². The van der Waals surface area contributed by atoms with E-state index in [2.05, 4.69) is 22.2 Å². The highest BCUT2D eigenvalue weighted by Gasteiger charge is 2.07. The van der Waals surface area contributed by atoms with Gasteiger partial charge in [-0.2, -0.15) is 0 Å². The van der Waals surface area contributed by atoms with Crippen molar-refractivity contribution in [2.24, 2.45) is 0 Å². The van der Waals surface area contributed by atoms with Crippen molar-refractivity contribution < 1.29 is 4.42 Å². The van der Waals surface area contributed by atoms with Gasteiger partial charge in [0.05, 0.1) is 0 Å². The zero-order valence-corrected chi connectivity index (χ0v) is 9.53. The number of hydrogen-bond acceptors (Lipinski definition) is 4. The van der Waals surface area contributed by atoms with Gasteiger partial charge in [-0.15, -0.1) is 0 Å². The Bertz CT molecular complexity index is 465. The summed E-state index contributed by atoms with van der Waals surface area (Å²) in [6, 6.07) is 5.71. The van der Waals surface area contributed by atoms with E-state index in [-0.39, 0.29) is 0 Å². The summed E-state index contributed by atoms with van der Waals surface area (Å²) < 4.78 is 5.60. The maximum atomic E-state index is 5.60. The van der Waals surface area contributed by atoms with Crippen LogP contribution in [-0.2, 0) is 6.42 Å². The fourth-order valence-electron chi connectivity index (χ4n) is 1.45. The Labute approximate surface area is 94.7 Å². The lowest BCUT2D eigenvalue weighted by molar-refractivity contribution is 0.525. The third-order valence-electron chi connectivity index (χ3n) is 2.24. The highest BCUT2D eigenvalue weighted by Crippen LogP contribution is 2.19. The van der Waals surface area contributed by atoms with Gasteiger partial charge in [0.2, 0.25) is 0 Å². The third kappa shape index (κ3) is 2.21. The van der Waals surface area contributed by atoms with E-state index >= 15 is 0 Å². The molecule has 2 heterocycles. The quantitative estimate of drug-likeness (QED) is 0.855. The minimum atomic E-state index is 0.623. The molecular weight excluding hydrogens is 202 g/mol. The number of rotatable bonds is 4. The second-order valence-electron chi connectivity index (χ2n) is 3.42. The molecule has 0 aliphatic carbocycles. The summed E-state index contributed by atoms with van der Waals surface area (Å²) >= 11 is 0. The molecule has 2 aromatic rings. The molecule has 0 amide bonds. The van der Waals surface area contributed by atoms with Crippen molar-refractivity contribution in [3.8, 4) is 11.6 Å². The smallest absolute Gasteiger partial charge is 0.197 e. The lowest BCUT2D eigenvalue weighted by Crippen LogP contribution is -2.00. The average molecular weight is 217 g/mol. The van der Waals surface area contributed by atoms with Crippen LogP contribution in [0.25, 0.3) is 11.6 Å². The third-order valence-corrected chi connectivity index (χ3v) is 2.24. The number of furan rings is 1. The minimum Gasteiger partial charge on any atom is -0.458 e. The Hall–Kier alpha value is -1.84. The number of aryl methyl sites for hydroxylation is 1. The van der Waals surface area contributed by atoms with Gasteiger partial charge in [0.1, 0.15) is 11.6 Å². The van der Waals surface area contributed by atoms with Crippen LogP contribution >= 0.6 is 0 Å². The lowest BCUT2D eigenvalue weighted by atomic mass is 10.3. The normalized spacial score (nSPS) is 10.4. The standard InChI is InChI=1S/C12H15N3O/c1-3-9-5-6-10(16-9)12-14-8-7-11(15-12)13-4-2/h5-8H,3-4H2,1-2H3,(H,13,14,15). The Kier molecular flexibility index (Phi) is 3.19. The molecule has 0 radical (unpaired) electrons. The molecule has 4 nitrogen and oxygen atoms in total. The number of hydrogen-bond donors (Lipinski definition) is 1. The summed E-state index contributed by atoms with van der Waals surface area (Å²) in [7, 11) is 0. The molecule has 0 bridgehead atoms. The Morgan fingerprint density at radius 2 is 2.12 bits per heavy atom. The summed E-state index contributed by atoms with van der Waals surface area (Å²) in [5.41, 5.74) is 0. The summed E-state index contributed by atoms with van der Waals surface area (Å²) in [5.74, 6) is 3.11.